The molecule has 0 spiro atoms. The van der Waals surface area contributed by atoms with Gasteiger partial charge in [-0.1, -0.05) is 0 Å². The van der Waals surface area contributed by atoms with Crippen molar-refractivity contribution < 1.29 is 9.13 Å². The standard InChI is InChI=1S/C10H9ClFN3O/c1-6-13-14-10(11)15(6)8-4-3-7(12)5-9(8)16-2/h3-5H,1-2H3. The molecule has 0 atom stereocenters. The van der Waals surface area contributed by atoms with Crippen molar-refractivity contribution in [2.45, 2.75) is 6.92 Å². The summed E-state index contributed by atoms with van der Waals surface area (Å²) in [5, 5.41) is 7.75. The number of benzene rings is 1. The van der Waals surface area contributed by atoms with Crippen molar-refractivity contribution in [1.82, 2.24) is 14.8 Å². The summed E-state index contributed by atoms with van der Waals surface area (Å²) in [6.07, 6.45) is 0. The Morgan fingerprint density at radius 2 is 2.12 bits per heavy atom. The van der Waals surface area contributed by atoms with E-state index in [-0.39, 0.29) is 11.1 Å². The number of nitrogens with zero attached hydrogens (tertiary/aromatic N) is 3. The maximum atomic E-state index is 13.0. The highest BCUT2D eigenvalue weighted by atomic mass is 35.5. The summed E-state index contributed by atoms with van der Waals surface area (Å²) in [5.41, 5.74) is 0.608. The van der Waals surface area contributed by atoms with Gasteiger partial charge in [-0.2, -0.15) is 0 Å². The third-order valence-corrected chi connectivity index (χ3v) is 2.41. The van der Waals surface area contributed by atoms with Crippen LogP contribution in [0.15, 0.2) is 18.2 Å². The van der Waals surface area contributed by atoms with Gasteiger partial charge in [-0.3, -0.25) is 4.57 Å². The summed E-state index contributed by atoms with van der Waals surface area (Å²) in [5.74, 6) is 0.613. The van der Waals surface area contributed by atoms with Gasteiger partial charge in [0.15, 0.2) is 0 Å². The van der Waals surface area contributed by atoms with Crippen LogP contribution in [0.3, 0.4) is 0 Å². The minimum Gasteiger partial charge on any atom is -0.494 e. The highest BCUT2D eigenvalue weighted by Gasteiger charge is 2.13. The Labute approximate surface area is 96.6 Å². The molecule has 0 saturated heterocycles. The zero-order valence-corrected chi connectivity index (χ0v) is 9.49. The molecule has 0 aliphatic carbocycles. The van der Waals surface area contributed by atoms with Crippen LogP contribution in [0.2, 0.25) is 5.28 Å². The normalized spacial score (nSPS) is 10.5. The molecule has 2 aromatic rings. The van der Waals surface area contributed by atoms with E-state index in [4.69, 9.17) is 16.3 Å². The number of aromatic nitrogens is 3. The lowest BCUT2D eigenvalue weighted by Gasteiger charge is -2.10. The fourth-order valence-corrected chi connectivity index (χ4v) is 1.70. The molecule has 1 aromatic heterocycles. The van der Waals surface area contributed by atoms with E-state index in [1.54, 1.807) is 17.6 Å². The lowest BCUT2D eigenvalue weighted by molar-refractivity contribution is 0.409. The summed E-state index contributed by atoms with van der Waals surface area (Å²) in [7, 11) is 1.46. The van der Waals surface area contributed by atoms with E-state index in [9.17, 15) is 4.39 Å². The van der Waals surface area contributed by atoms with Crippen LogP contribution >= 0.6 is 11.6 Å². The fraction of sp³-hybridized carbons (Fsp3) is 0.200. The molecule has 0 bridgehead atoms. The van der Waals surface area contributed by atoms with Gasteiger partial charge in [-0.15, -0.1) is 10.2 Å². The van der Waals surface area contributed by atoms with Gasteiger partial charge in [0, 0.05) is 6.07 Å². The zero-order chi connectivity index (χ0) is 11.7. The first-order chi connectivity index (χ1) is 7.63. The maximum Gasteiger partial charge on any atom is 0.229 e. The van der Waals surface area contributed by atoms with E-state index in [2.05, 4.69) is 10.2 Å². The van der Waals surface area contributed by atoms with Gasteiger partial charge in [-0.05, 0) is 30.7 Å². The average Bonchev–Trinajstić information content (AvgIpc) is 2.59. The number of hydrogen-bond donors (Lipinski definition) is 0. The summed E-state index contributed by atoms with van der Waals surface area (Å²) >= 11 is 5.89. The average molecular weight is 242 g/mol. The first-order valence-electron chi connectivity index (χ1n) is 4.55. The molecule has 0 aliphatic heterocycles. The molecule has 2 rings (SSSR count). The van der Waals surface area contributed by atoms with Crippen molar-refractivity contribution in [3.8, 4) is 11.4 Å². The van der Waals surface area contributed by atoms with Gasteiger partial charge in [-0.25, -0.2) is 4.39 Å². The van der Waals surface area contributed by atoms with Crippen LogP contribution in [0.4, 0.5) is 4.39 Å². The molecule has 1 aromatic carbocycles. The largest absolute Gasteiger partial charge is 0.494 e. The number of hydrogen-bond acceptors (Lipinski definition) is 3. The van der Waals surface area contributed by atoms with Crippen molar-refractivity contribution in [3.05, 3.63) is 35.1 Å². The minimum absolute atomic E-state index is 0.211. The molecule has 0 fully saturated rings. The minimum atomic E-state index is -0.373. The third-order valence-electron chi connectivity index (χ3n) is 2.17. The van der Waals surface area contributed by atoms with Crippen molar-refractivity contribution in [3.63, 3.8) is 0 Å². The molecule has 16 heavy (non-hydrogen) atoms. The van der Waals surface area contributed by atoms with Crippen LogP contribution < -0.4 is 4.74 Å². The predicted octanol–water partition coefficient (Wildman–Crippen LogP) is 2.38. The van der Waals surface area contributed by atoms with E-state index in [1.807, 2.05) is 0 Å². The molecular formula is C10H9ClFN3O. The molecule has 0 aliphatic rings. The summed E-state index contributed by atoms with van der Waals surface area (Å²) in [6.45, 7) is 1.75. The van der Waals surface area contributed by atoms with Crippen LogP contribution in [-0.2, 0) is 0 Å². The van der Waals surface area contributed by atoms with Gasteiger partial charge >= 0.3 is 0 Å². The van der Waals surface area contributed by atoms with Gasteiger partial charge in [0.1, 0.15) is 17.4 Å². The second-order valence-corrected chi connectivity index (χ2v) is 3.51. The Morgan fingerprint density at radius 3 is 2.69 bits per heavy atom. The first kappa shape index (κ1) is 10.9. The first-order valence-corrected chi connectivity index (χ1v) is 4.92. The van der Waals surface area contributed by atoms with E-state index >= 15 is 0 Å². The number of aryl methyl sites for hydroxylation is 1. The molecule has 0 unspecified atom stereocenters. The Hall–Kier alpha value is -1.62. The lowest BCUT2D eigenvalue weighted by Crippen LogP contribution is -2.01. The predicted molar refractivity (Wildman–Crippen MR) is 57.6 cm³/mol. The molecule has 84 valence electrons. The topological polar surface area (TPSA) is 39.9 Å². The van der Waals surface area contributed by atoms with Crippen molar-refractivity contribution in [2.75, 3.05) is 7.11 Å². The molecule has 0 saturated carbocycles. The second-order valence-electron chi connectivity index (χ2n) is 3.17. The van der Waals surface area contributed by atoms with Crippen molar-refractivity contribution in [2.24, 2.45) is 0 Å². The molecule has 6 heteroatoms. The Morgan fingerprint density at radius 1 is 1.38 bits per heavy atom. The molecule has 0 radical (unpaired) electrons. The Kier molecular flexibility index (Phi) is 2.78. The van der Waals surface area contributed by atoms with Crippen molar-refractivity contribution >= 4 is 11.6 Å². The van der Waals surface area contributed by atoms with Gasteiger partial charge in [0.2, 0.25) is 5.28 Å². The van der Waals surface area contributed by atoms with E-state index in [0.29, 0.717) is 17.3 Å². The molecule has 0 amide bonds. The maximum absolute atomic E-state index is 13.0. The summed E-state index contributed by atoms with van der Waals surface area (Å²) in [6, 6.07) is 4.18. The molecule has 4 nitrogen and oxygen atoms in total. The second kappa shape index (κ2) is 4.09. The monoisotopic (exact) mass is 241 g/mol. The zero-order valence-electron chi connectivity index (χ0n) is 8.74. The quantitative estimate of drug-likeness (QED) is 0.811. The fourth-order valence-electron chi connectivity index (χ4n) is 1.45. The smallest absolute Gasteiger partial charge is 0.229 e. The van der Waals surface area contributed by atoms with Gasteiger partial charge in [0.05, 0.1) is 12.8 Å². The van der Waals surface area contributed by atoms with Gasteiger partial charge < -0.3 is 4.74 Å². The van der Waals surface area contributed by atoms with Crippen molar-refractivity contribution in [1.29, 1.82) is 0 Å². The molecule has 1 heterocycles. The number of halogens is 2. The summed E-state index contributed by atoms with van der Waals surface area (Å²) in [4.78, 5) is 0. The van der Waals surface area contributed by atoms with Crippen LogP contribution in [0, 0.1) is 12.7 Å². The van der Waals surface area contributed by atoms with E-state index in [0.717, 1.165) is 0 Å². The van der Waals surface area contributed by atoms with Crippen LogP contribution in [-0.4, -0.2) is 21.9 Å². The Balaban J connectivity index is 2.64. The molecule has 0 N–H and O–H groups in total. The summed E-state index contributed by atoms with van der Waals surface area (Å²) < 4.78 is 19.7. The number of ether oxygens (including phenoxy) is 1. The highest BCUT2D eigenvalue weighted by Crippen LogP contribution is 2.26. The highest BCUT2D eigenvalue weighted by molar-refractivity contribution is 6.28. The SMILES string of the molecule is COc1cc(F)ccc1-n1c(C)nnc1Cl. The number of methoxy groups -OCH3 is 1. The van der Waals surface area contributed by atoms with Crippen LogP contribution in [0.5, 0.6) is 5.75 Å². The molecular weight excluding hydrogens is 233 g/mol. The van der Waals surface area contributed by atoms with Crippen LogP contribution in [0.1, 0.15) is 5.82 Å². The van der Waals surface area contributed by atoms with Gasteiger partial charge in [0.25, 0.3) is 0 Å². The van der Waals surface area contributed by atoms with Crippen LogP contribution in [0.25, 0.3) is 5.69 Å². The lowest BCUT2D eigenvalue weighted by atomic mass is 10.3. The van der Waals surface area contributed by atoms with E-state index < -0.39 is 0 Å². The Bertz CT molecular complexity index is 507. The third kappa shape index (κ3) is 1.74. The number of rotatable bonds is 2. The van der Waals surface area contributed by atoms with E-state index in [1.165, 1.54) is 19.2 Å².